The van der Waals surface area contributed by atoms with Gasteiger partial charge in [0.05, 0.1) is 0 Å². The van der Waals surface area contributed by atoms with Crippen LogP contribution in [0.2, 0.25) is 0 Å². The lowest BCUT2D eigenvalue weighted by molar-refractivity contribution is -0.122. The summed E-state index contributed by atoms with van der Waals surface area (Å²) >= 11 is 0. The Balaban J connectivity index is 1.69. The third kappa shape index (κ3) is 5.87. The van der Waals surface area contributed by atoms with Gasteiger partial charge in [0.2, 0.25) is 5.91 Å². The number of rotatable bonds is 6. The SMILES string of the molecule is CN(C)c1cccc(C(=O)NNC(=O)CCCC2CCCCC2)c1. The second-order valence-corrected chi connectivity index (χ2v) is 6.84. The van der Waals surface area contributed by atoms with Gasteiger partial charge in [0.1, 0.15) is 0 Å². The minimum absolute atomic E-state index is 0.122. The lowest BCUT2D eigenvalue weighted by Crippen LogP contribution is -2.41. The van der Waals surface area contributed by atoms with Crippen LogP contribution >= 0.6 is 0 Å². The number of anilines is 1. The van der Waals surface area contributed by atoms with Crippen molar-refractivity contribution in [2.75, 3.05) is 19.0 Å². The van der Waals surface area contributed by atoms with Crippen molar-refractivity contribution in [2.45, 2.75) is 51.4 Å². The number of benzene rings is 1. The average Bonchev–Trinajstić information content (AvgIpc) is 2.60. The van der Waals surface area contributed by atoms with Gasteiger partial charge in [-0.25, -0.2) is 0 Å². The van der Waals surface area contributed by atoms with Crippen molar-refractivity contribution < 1.29 is 9.59 Å². The molecule has 1 aromatic rings. The van der Waals surface area contributed by atoms with Crippen LogP contribution in [0, 0.1) is 5.92 Å². The third-order valence-electron chi connectivity index (χ3n) is 4.68. The smallest absolute Gasteiger partial charge is 0.269 e. The summed E-state index contributed by atoms with van der Waals surface area (Å²) in [4.78, 5) is 25.9. The third-order valence-corrected chi connectivity index (χ3v) is 4.68. The van der Waals surface area contributed by atoms with Gasteiger partial charge in [0, 0.05) is 31.8 Å². The molecule has 1 aliphatic carbocycles. The molecule has 132 valence electrons. The Kier molecular flexibility index (Phi) is 7.09. The Bertz CT molecular complexity index is 551. The van der Waals surface area contributed by atoms with Crippen LogP contribution in [0.15, 0.2) is 24.3 Å². The zero-order valence-electron chi connectivity index (χ0n) is 14.8. The topological polar surface area (TPSA) is 61.4 Å². The standard InChI is InChI=1S/C19H29N3O2/c1-22(2)17-12-7-11-16(14-17)19(24)21-20-18(23)13-6-10-15-8-4-3-5-9-15/h7,11-12,14-15H,3-6,8-10,13H2,1-2H3,(H,20,23)(H,21,24). The Morgan fingerprint density at radius 1 is 1.12 bits per heavy atom. The first kappa shape index (κ1) is 18.3. The number of amides is 2. The van der Waals surface area contributed by atoms with Crippen LogP contribution in [0.5, 0.6) is 0 Å². The van der Waals surface area contributed by atoms with Gasteiger partial charge in [-0.05, 0) is 37.0 Å². The highest BCUT2D eigenvalue weighted by Crippen LogP contribution is 2.27. The molecular formula is C19H29N3O2. The van der Waals surface area contributed by atoms with E-state index < -0.39 is 0 Å². The lowest BCUT2D eigenvalue weighted by atomic mass is 9.86. The van der Waals surface area contributed by atoms with Crippen LogP contribution in [0.25, 0.3) is 0 Å². The van der Waals surface area contributed by atoms with Crippen LogP contribution in [-0.2, 0) is 4.79 Å². The molecule has 0 radical (unpaired) electrons. The molecular weight excluding hydrogens is 302 g/mol. The van der Waals surface area contributed by atoms with E-state index in [0.717, 1.165) is 24.4 Å². The van der Waals surface area contributed by atoms with Crippen LogP contribution < -0.4 is 15.8 Å². The number of hydrazine groups is 1. The maximum atomic E-state index is 12.1. The second-order valence-electron chi connectivity index (χ2n) is 6.84. The molecule has 2 amide bonds. The molecule has 2 rings (SSSR count). The van der Waals surface area contributed by atoms with Crippen molar-refractivity contribution in [3.63, 3.8) is 0 Å². The Morgan fingerprint density at radius 3 is 2.58 bits per heavy atom. The summed E-state index contributed by atoms with van der Waals surface area (Å²) in [6, 6.07) is 7.29. The maximum Gasteiger partial charge on any atom is 0.269 e. The molecule has 0 atom stereocenters. The summed E-state index contributed by atoms with van der Waals surface area (Å²) < 4.78 is 0. The molecule has 5 heteroatoms. The van der Waals surface area contributed by atoms with E-state index >= 15 is 0 Å². The highest BCUT2D eigenvalue weighted by Gasteiger charge is 2.14. The molecule has 0 saturated heterocycles. The monoisotopic (exact) mass is 331 g/mol. The summed E-state index contributed by atoms with van der Waals surface area (Å²) in [6.45, 7) is 0. The molecule has 0 unspecified atom stereocenters. The molecule has 0 spiro atoms. The quantitative estimate of drug-likeness (QED) is 0.787. The zero-order valence-corrected chi connectivity index (χ0v) is 14.8. The maximum absolute atomic E-state index is 12.1. The molecule has 1 saturated carbocycles. The van der Waals surface area contributed by atoms with Crippen molar-refractivity contribution >= 4 is 17.5 Å². The number of carbonyl (C=O) groups excluding carboxylic acids is 2. The Labute approximate surface area is 144 Å². The first-order valence-electron chi connectivity index (χ1n) is 8.93. The fourth-order valence-corrected chi connectivity index (χ4v) is 3.21. The minimum Gasteiger partial charge on any atom is -0.378 e. The molecule has 0 aliphatic heterocycles. The van der Waals surface area contributed by atoms with Gasteiger partial charge in [0.15, 0.2) is 0 Å². The molecule has 2 N–H and O–H groups in total. The Hall–Kier alpha value is -2.04. The van der Waals surface area contributed by atoms with Crippen molar-refractivity contribution in [1.82, 2.24) is 10.9 Å². The van der Waals surface area contributed by atoms with E-state index in [-0.39, 0.29) is 11.8 Å². The highest BCUT2D eigenvalue weighted by molar-refractivity contribution is 5.96. The first-order chi connectivity index (χ1) is 11.6. The fourth-order valence-electron chi connectivity index (χ4n) is 3.21. The molecule has 1 fully saturated rings. The number of hydrogen-bond acceptors (Lipinski definition) is 3. The van der Waals surface area contributed by atoms with E-state index in [1.807, 2.05) is 31.1 Å². The largest absolute Gasteiger partial charge is 0.378 e. The van der Waals surface area contributed by atoms with E-state index in [1.165, 1.54) is 32.1 Å². The molecule has 5 nitrogen and oxygen atoms in total. The van der Waals surface area contributed by atoms with Gasteiger partial charge >= 0.3 is 0 Å². The summed E-state index contributed by atoms with van der Waals surface area (Å²) in [5, 5.41) is 0. The van der Waals surface area contributed by atoms with Gasteiger partial charge in [-0.2, -0.15) is 0 Å². The summed E-state index contributed by atoms with van der Waals surface area (Å²) in [6.07, 6.45) is 9.11. The number of nitrogens with one attached hydrogen (secondary N) is 2. The van der Waals surface area contributed by atoms with Gasteiger partial charge in [-0.3, -0.25) is 20.4 Å². The van der Waals surface area contributed by atoms with Gasteiger partial charge < -0.3 is 4.90 Å². The number of nitrogens with zero attached hydrogens (tertiary/aromatic N) is 1. The van der Waals surface area contributed by atoms with E-state index in [2.05, 4.69) is 10.9 Å². The van der Waals surface area contributed by atoms with Crippen molar-refractivity contribution in [2.24, 2.45) is 5.92 Å². The Morgan fingerprint density at radius 2 is 1.88 bits per heavy atom. The average molecular weight is 331 g/mol. The number of hydrogen-bond donors (Lipinski definition) is 2. The van der Waals surface area contributed by atoms with Gasteiger partial charge in [-0.1, -0.05) is 38.2 Å². The normalized spacial score (nSPS) is 14.9. The zero-order chi connectivity index (χ0) is 17.4. The molecule has 24 heavy (non-hydrogen) atoms. The van der Waals surface area contributed by atoms with Crippen LogP contribution in [0.3, 0.4) is 0 Å². The van der Waals surface area contributed by atoms with Crippen molar-refractivity contribution in [3.8, 4) is 0 Å². The van der Waals surface area contributed by atoms with Gasteiger partial charge in [0.25, 0.3) is 5.91 Å². The first-order valence-corrected chi connectivity index (χ1v) is 8.93. The van der Waals surface area contributed by atoms with E-state index in [9.17, 15) is 9.59 Å². The van der Waals surface area contributed by atoms with E-state index in [4.69, 9.17) is 0 Å². The molecule has 1 aliphatic rings. The minimum atomic E-state index is -0.292. The van der Waals surface area contributed by atoms with Crippen molar-refractivity contribution in [3.05, 3.63) is 29.8 Å². The van der Waals surface area contributed by atoms with E-state index in [0.29, 0.717) is 12.0 Å². The summed E-state index contributed by atoms with van der Waals surface area (Å²) in [5.41, 5.74) is 6.49. The molecule has 0 aromatic heterocycles. The summed E-state index contributed by atoms with van der Waals surface area (Å²) in [7, 11) is 3.84. The van der Waals surface area contributed by atoms with Crippen LogP contribution in [0.4, 0.5) is 5.69 Å². The lowest BCUT2D eigenvalue weighted by Gasteiger charge is -2.21. The number of carbonyl (C=O) groups is 2. The van der Waals surface area contributed by atoms with Crippen LogP contribution in [-0.4, -0.2) is 25.9 Å². The predicted octanol–water partition coefficient (Wildman–Crippen LogP) is 3.26. The van der Waals surface area contributed by atoms with Gasteiger partial charge in [-0.15, -0.1) is 0 Å². The van der Waals surface area contributed by atoms with E-state index in [1.54, 1.807) is 12.1 Å². The molecule has 0 heterocycles. The van der Waals surface area contributed by atoms with Crippen molar-refractivity contribution in [1.29, 1.82) is 0 Å². The highest BCUT2D eigenvalue weighted by atomic mass is 16.2. The second kappa shape index (κ2) is 9.30. The predicted molar refractivity (Wildman–Crippen MR) is 96.8 cm³/mol. The summed E-state index contributed by atoms with van der Waals surface area (Å²) in [5.74, 6) is 0.372. The molecule has 1 aromatic carbocycles. The van der Waals surface area contributed by atoms with Crippen LogP contribution in [0.1, 0.15) is 61.7 Å². The molecule has 0 bridgehead atoms. The fraction of sp³-hybridized carbons (Fsp3) is 0.579.